The molecule has 0 aliphatic carbocycles. The van der Waals surface area contributed by atoms with Gasteiger partial charge in [0.15, 0.2) is 0 Å². The molecule has 138 valence electrons. The van der Waals surface area contributed by atoms with Crippen molar-refractivity contribution in [1.82, 2.24) is 15.3 Å². The van der Waals surface area contributed by atoms with Gasteiger partial charge in [0.1, 0.15) is 12.6 Å². The maximum atomic E-state index is 12.0. The molecule has 7 heteroatoms. The van der Waals surface area contributed by atoms with Crippen LogP contribution in [0.15, 0.2) is 60.8 Å². The molecule has 1 amide bonds. The third-order valence-electron chi connectivity index (χ3n) is 3.89. The first-order valence-electron chi connectivity index (χ1n) is 8.46. The summed E-state index contributed by atoms with van der Waals surface area (Å²) in [4.78, 5) is 32.2. The van der Waals surface area contributed by atoms with Crippen LogP contribution >= 0.6 is 0 Å². The maximum Gasteiger partial charge on any atom is 0.326 e. The van der Waals surface area contributed by atoms with Crippen LogP contribution in [-0.2, 0) is 27.4 Å². The van der Waals surface area contributed by atoms with Crippen LogP contribution in [0.2, 0.25) is 0 Å². The second-order valence-corrected chi connectivity index (χ2v) is 5.99. The number of hydrogen-bond acceptors (Lipinski definition) is 5. The molecule has 3 aromatic rings. The average molecular weight is 365 g/mol. The standard InChI is InChI=1S/C20H19N3O4/c24-19(13-27-12-14-6-2-1-3-7-14)23-18(20(25)26)10-15-11-21-16-8-4-5-9-17(16)22-15/h1-9,11,18H,10,12-13H2,(H,23,24)(H,25,26)/t18-/m1/s1. The van der Waals surface area contributed by atoms with Crippen molar-refractivity contribution >= 4 is 22.9 Å². The molecule has 1 heterocycles. The van der Waals surface area contributed by atoms with Gasteiger partial charge in [0.05, 0.1) is 23.3 Å². The van der Waals surface area contributed by atoms with Crippen molar-refractivity contribution in [2.45, 2.75) is 19.1 Å². The summed E-state index contributed by atoms with van der Waals surface area (Å²) in [5.41, 5.74) is 2.83. The lowest BCUT2D eigenvalue weighted by atomic mass is 10.1. The summed E-state index contributed by atoms with van der Waals surface area (Å²) >= 11 is 0. The SMILES string of the molecule is O=C(COCc1ccccc1)N[C@H](Cc1cnc2ccccc2n1)C(=O)O. The highest BCUT2D eigenvalue weighted by atomic mass is 16.5. The topological polar surface area (TPSA) is 101 Å². The number of amides is 1. The molecule has 0 saturated heterocycles. The lowest BCUT2D eigenvalue weighted by Gasteiger charge is -2.14. The van der Waals surface area contributed by atoms with Crippen LogP contribution in [-0.4, -0.2) is 39.6 Å². The van der Waals surface area contributed by atoms with E-state index in [1.807, 2.05) is 48.5 Å². The Balaban J connectivity index is 1.56. The minimum Gasteiger partial charge on any atom is -0.480 e. The van der Waals surface area contributed by atoms with Crippen LogP contribution in [0.1, 0.15) is 11.3 Å². The van der Waals surface area contributed by atoms with E-state index in [1.54, 1.807) is 6.07 Å². The van der Waals surface area contributed by atoms with Gasteiger partial charge >= 0.3 is 5.97 Å². The predicted octanol–water partition coefficient (Wildman–Crippen LogP) is 1.96. The molecule has 1 aromatic heterocycles. The van der Waals surface area contributed by atoms with Crippen molar-refractivity contribution in [2.24, 2.45) is 0 Å². The Morgan fingerprint density at radius 2 is 1.74 bits per heavy atom. The van der Waals surface area contributed by atoms with Crippen molar-refractivity contribution < 1.29 is 19.4 Å². The highest BCUT2D eigenvalue weighted by molar-refractivity contribution is 5.84. The lowest BCUT2D eigenvalue weighted by Crippen LogP contribution is -2.44. The summed E-state index contributed by atoms with van der Waals surface area (Å²) < 4.78 is 5.34. The number of nitrogens with zero attached hydrogens (tertiary/aromatic N) is 2. The molecule has 0 aliphatic heterocycles. The Hall–Kier alpha value is -3.32. The van der Waals surface area contributed by atoms with Gasteiger partial charge in [-0.15, -0.1) is 0 Å². The largest absolute Gasteiger partial charge is 0.480 e. The third kappa shape index (κ3) is 5.32. The van der Waals surface area contributed by atoms with Crippen molar-refractivity contribution in [3.05, 3.63) is 72.1 Å². The molecule has 7 nitrogen and oxygen atoms in total. The Morgan fingerprint density at radius 1 is 1.04 bits per heavy atom. The second-order valence-electron chi connectivity index (χ2n) is 5.99. The molecule has 0 bridgehead atoms. The van der Waals surface area contributed by atoms with E-state index in [-0.39, 0.29) is 19.6 Å². The zero-order valence-electron chi connectivity index (χ0n) is 14.5. The normalized spacial score (nSPS) is 11.9. The monoisotopic (exact) mass is 365 g/mol. The van der Waals surface area contributed by atoms with Crippen LogP contribution in [0.4, 0.5) is 0 Å². The van der Waals surface area contributed by atoms with Gasteiger partial charge in [0.25, 0.3) is 0 Å². The number of para-hydroxylation sites is 2. The van der Waals surface area contributed by atoms with Gasteiger partial charge in [-0.05, 0) is 17.7 Å². The van der Waals surface area contributed by atoms with E-state index < -0.39 is 17.9 Å². The van der Waals surface area contributed by atoms with Gasteiger partial charge < -0.3 is 15.2 Å². The Morgan fingerprint density at radius 3 is 2.48 bits per heavy atom. The first kappa shape index (κ1) is 18.5. The molecule has 0 radical (unpaired) electrons. The summed E-state index contributed by atoms with van der Waals surface area (Å²) in [6.45, 7) is 0.0597. The van der Waals surface area contributed by atoms with Crippen LogP contribution in [0.25, 0.3) is 11.0 Å². The number of benzene rings is 2. The fraction of sp³-hybridized carbons (Fsp3) is 0.200. The Bertz CT molecular complexity index is 931. The first-order valence-corrected chi connectivity index (χ1v) is 8.46. The van der Waals surface area contributed by atoms with Gasteiger partial charge in [-0.1, -0.05) is 42.5 Å². The van der Waals surface area contributed by atoms with Gasteiger partial charge in [-0.3, -0.25) is 9.78 Å². The highest BCUT2D eigenvalue weighted by Crippen LogP contribution is 2.10. The molecular weight excluding hydrogens is 346 g/mol. The number of rotatable bonds is 8. The zero-order valence-corrected chi connectivity index (χ0v) is 14.5. The minimum absolute atomic E-state index is 0.0393. The summed E-state index contributed by atoms with van der Waals surface area (Å²) in [7, 11) is 0. The smallest absolute Gasteiger partial charge is 0.326 e. The number of hydrogen-bond donors (Lipinski definition) is 2. The fourth-order valence-electron chi connectivity index (χ4n) is 2.57. The van der Waals surface area contributed by atoms with Crippen molar-refractivity contribution in [1.29, 1.82) is 0 Å². The van der Waals surface area contributed by atoms with E-state index in [9.17, 15) is 14.7 Å². The maximum absolute atomic E-state index is 12.0. The summed E-state index contributed by atoms with van der Waals surface area (Å²) in [6.07, 6.45) is 1.56. The first-order chi connectivity index (χ1) is 13.1. The zero-order chi connectivity index (χ0) is 19.1. The molecule has 27 heavy (non-hydrogen) atoms. The summed E-state index contributed by atoms with van der Waals surface area (Å²) in [5, 5.41) is 11.9. The van der Waals surface area contributed by atoms with Crippen molar-refractivity contribution in [2.75, 3.05) is 6.61 Å². The fourth-order valence-corrected chi connectivity index (χ4v) is 2.57. The van der Waals surface area contributed by atoms with Crippen molar-refractivity contribution in [3.63, 3.8) is 0 Å². The van der Waals surface area contributed by atoms with E-state index in [2.05, 4.69) is 15.3 Å². The van der Waals surface area contributed by atoms with Gasteiger partial charge in [0.2, 0.25) is 5.91 Å². The van der Waals surface area contributed by atoms with Crippen LogP contribution in [0.3, 0.4) is 0 Å². The number of aromatic nitrogens is 2. The molecular formula is C20H19N3O4. The van der Waals surface area contributed by atoms with Crippen LogP contribution in [0, 0.1) is 0 Å². The quantitative estimate of drug-likeness (QED) is 0.633. The number of carbonyl (C=O) groups is 2. The molecule has 0 aliphatic rings. The molecule has 0 saturated carbocycles. The molecule has 2 N–H and O–H groups in total. The molecule has 0 unspecified atom stereocenters. The van der Waals surface area contributed by atoms with Crippen molar-refractivity contribution in [3.8, 4) is 0 Å². The van der Waals surface area contributed by atoms with E-state index in [0.717, 1.165) is 11.1 Å². The number of carbonyl (C=O) groups excluding carboxylic acids is 1. The number of nitrogens with one attached hydrogen (secondary N) is 1. The third-order valence-corrected chi connectivity index (χ3v) is 3.89. The van der Waals surface area contributed by atoms with E-state index in [4.69, 9.17) is 4.74 Å². The van der Waals surface area contributed by atoms with Crippen LogP contribution < -0.4 is 5.32 Å². The summed E-state index contributed by atoms with van der Waals surface area (Å²) in [6, 6.07) is 15.6. The summed E-state index contributed by atoms with van der Waals surface area (Å²) in [5.74, 6) is -1.63. The number of aliphatic carboxylic acids is 1. The highest BCUT2D eigenvalue weighted by Gasteiger charge is 2.21. The predicted molar refractivity (Wildman–Crippen MR) is 98.9 cm³/mol. The van der Waals surface area contributed by atoms with Crippen LogP contribution in [0.5, 0.6) is 0 Å². The number of carboxylic acid groups (broad SMARTS) is 1. The number of carboxylic acids is 1. The van der Waals surface area contributed by atoms with Gasteiger partial charge in [-0.25, -0.2) is 9.78 Å². The van der Waals surface area contributed by atoms with E-state index in [1.165, 1.54) is 6.20 Å². The molecule has 3 rings (SSSR count). The molecule has 1 atom stereocenters. The van der Waals surface area contributed by atoms with E-state index in [0.29, 0.717) is 11.2 Å². The number of fused-ring (bicyclic) bond motifs is 1. The number of ether oxygens (including phenoxy) is 1. The average Bonchev–Trinajstić information content (AvgIpc) is 2.68. The molecule has 0 fully saturated rings. The van der Waals surface area contributed by atoms with Gasteiger partial charge in [-0.2, -0.15) is 0 Å². The van der Waals surface area contributed by atoms with E-state index >= 15 is 0 Å². The molecule has 2 aromatic carbocycles. The molecule has 0 spiro atoms. The Kier molecular flexibility index (Phi) is 6.06. The second kappa shape index (κ2) is 8.86. The lowest BCUT2D eigenvalue weighted by molar-refractivity contribution is -0.142. The van der Waals surface area contributed by atoms with Gasteiger partial charge in [0, 0.05) is 12.6 Å². The minimum atomic E-state index is -1.14. The Labute approximate surface area is 156 Å².